The van der Waals surface area contributed by atoms with Gasteiger partial charge in [-0.1, -0.05) is 29.9 Å². The van der Waals surface area contributed by atoms with E-state index < -0.39 is 0 Å². The fourth-order valence-corrected chi connectivity index (χ4v) is 2.56. The predicted molar refractivity (Wildman–Crippen MR) is 89.2 cm³/mol. The molecule has 104 valence electrons. The van der Waals surface area contributed by atoms with E-state index in [-0.39, 0.29) is 4.99 Å². The highest BCUT2D eigenvalue weighted by Crippen LogP contribution is 2.31. The fourth-order valence-electron chi connectivity index (χ4n) is 2.05. The van der Waals surface area contributed by atoms with Crippen molar-refractivity contribution in [1.82, 2.24) is 4.98 Å². The Morgan fingerprint density at radius 1 is 1.14 bits per heavy atom. The highest BCUT2D eigenvalue weighted by atomic mass is 35.5. The van der Waals surface area contributed by atoms with Gasteiger partial charge in [-0.3, -0.25) is 4.98 Å². The van der Waals surface area contributed by atoms with Crippen molar-refractivity contribution in [2.24, 2.45) is 5.73 Å². The van der Waals surface area contributed by atoms with Gasteiger partial charge in [-0.2, -0.15) is 0 Å². The first-order chi connectivity index (χ1) is 10.1. The van der Waals surface area contributed by atoms with Crippen LogP contribution in [0.2, 0.25) is 5.02 Å². The van der Waals surface area contributed by atoms with Crippen LogP contribution in [0.1, 0.15) is 5.56 Å². The van der Waals surface area contributed by atoms with E-state index in [1.807, 2.05) is 30.3 Å². The molecule has 21 heavy (non-hydrogen) atoms. The van der Waals surface area contributed by atoms with E-state index in [2.05, 4.69) is 4.98 Å². The van der Waals surface area contributed by atoms with Crippen LogP contribution in [0.3, 0.4) is 0 Å². The minimum absolute atomic E-state index is 0.265. The van der Waals surface area contributed by atoms with Crippen molar-refractivity contribution >= 4 is 39.7 Å². The summed E-state index contributed by atoms with van der Waals surface area (Å²) in [6, 6.07) is 14.8. The van der Waals surface area contributed by atoms with E-state index in [0.29, 0.717) is 16.3 Å². The molecule has 0 unspecified atom stereocenters. The zero-order chi connectivity index (χ0) is 14.8. The summed E-state index contributed by atoms with van der Waals surface area (Å²) in [5.74, 6) is 1.34. The standard InChI is InChI=1S/C16H11ClN2OS/c17-13-9-10(6-7-11(13)16(18)21)20-15-5-1-4-14-12(15)3-2-8-19-14/h1-9H,(H2,18,21). The third-order valence-electron chi connectivity index (χ3n) is 3.04. The van der Waals surface area contributed by atoms with Gasteiger partial charge in [-0.15, -0.1) is 0 Å². The zero-order valence-corrected chi connectivity index (χ0v) is 12.5. The largest absolute Gasteiger partial charge is 0.457 e. The van der Waals surface area contributed by atoms with E-state index in [4.69, 9.17) is 34.3 Å². The van der Waals surface area contributed by atoms with Gasteiger partial charge in [0.2, 0.25) is 0 Å². The van der Waals surface area contributed by atoms with Crippen molar-refractivity contribution < 1.29 is 4.74 Å². The number of aromatic nitrogens is 1. The molecule has 1 heterocycles. The van der Waals surface area contributed by atoms with Crippen molar-refractivity contribution in [2.75, 3.05) is 0 Å². The summed E-state index contributed by atoms with van der Waals surface area (Å²) in [4.78, 5) is 4.56. The number of fused-ring (bicyclic) bond motifs is 1. The van der Waals surface area contributed by atoms with Crippen LogP contribution in [0.25, 0.3) is 10.9 Å². The Morgan fingerprint density at radius 3 is 2.76 bits per heavy atom. The van der Waals surface area contributed by atoms with Crippen LogP contribution in [-0.4, -0.2) is 9.97 Å². The summed E-state index contributed by atoms with van der Waals surface area (Å²) in [5.41, 5.74) is 7.10. The van der Waals surface area contributed by atoms with Gasteiger partial charge in [0.15, 0.2) is 0 Å². The molecule has 0 bridgehead atoms. The van der Waals surface area contributed by atoms with Crippen LogP contribution < -0.4 is 10.5 Å². The van der Waals surface area contributed by atoms with Gasteiger partial charge in [0.05, 0.1) is 10.5 Å². The second-order valence-corrected chi connectivity index (χ2v) is 5.28. The van der Waals surface area contributed by atoms with Gasteiger partial charge in [0.25, 0.3) is 0 Å². The lowest BCUT2D eigenvalue weighted by Crippen LogP contribution is -2.09. The molecule has 0 spiro atoms. The molecule has 3 aromatic rings. The van der Waals surface area contributed by atoms with Crippen LogP contribution in [0.15, 0.2) is 54.7 Å². The summed E-state index contributed by atoms with van der Waals surface area (Å²) in [5, 5.41) is 1.41. The Balaban J connectivity index is 1.99. The quantitative estimate of drug-likeness (QED) is 0.732. The van der Waals surface area contributed by atoms with Gasteiger partial charge in [-0.05, 0) is 36.4 Å². The molecular formula is C16H11ClN2OS. The molecule has 0 aliphatic rings. The van der Waals surface area contributed by atoms with Crippen molar-refractivity contribution in [3.8, 4) is 11.5 Å². The lowest BCUT2D eigenvalue weighted by atomic mass is 10.2. The van der Waals surface area contributed by atoms with E-state index in [1.165, 1.54) is 0 Å². The lowest BCUT2D eigenvalue weighted by molar-refractivity contribution is 0.488. The molecule has 5 heteroatoms. The number of halogens is 1. The second-order valence-electron chi connectivity index (χ2n) is 4.43. The first-order valence-electron chi connectivity index (χ1n) is 6.26. The number of pyridine rings is 1. The maximum atomic E-state index is 6.15. The van der Waals surface area contributed by atoms with Crippen LogP contribution >= 0.6 is 23.8 Å². The molecule has 0 fully saturated rings. The highest BCUT2D eigenvalue weighted by molar-refractivity contribution is 7.80. The number of rotatable bonds is 3. The van der Waals surface area contributed by atoms with Crippen molar-refractivity contribution in [2.45, 2.75) is 0 Å². The average molecular weight is 315 g/mol. The highest BCUT2D eigenvalue weighted by Gasteiger charge is 2.07. The molecule has 3 rings (SSSR count). The molecule has 0 radical (unpaired) electrons. The molecule has 0 aliphatic carbocycles. The zero-order valence-electron chi connectivity index (χ0n) is 10.9. The van der Waals surface area contributed by atoms with Gasteiger partial charge < -0.3 is 10.5 Å². The van der Waals surface area contributed by atoms with E-state index >= 15 is 0 Å². The summed E-state index contributed by atoms with van der Waals surface area (Å²) in [6.45, 7) is 0. The SMILES string of the molecule is NC(=S)c1ccc(Oc2cccc3ncccc23)cc1Cl. The third kappa shape index (κ3) is 2.82. The monoisotopic (exact) mass is 314 g/mol. The minimum Gasteiger partial charge on any atom is -0.457 e. The molecule has 2 N–H and O–H groups in total. The molecule has 0 aliphatic heterocycles. The Bertz CT molecular complexity index is 830. The minimum atomic E-state index is 0.265. The third-order valence-corrected chi connectivity index (χ3v) is 3.57. The first kappa shape index (κ1) is 13.8. The molecule has 0 amide bonds. The molecule has 0 atom stereocenters. The maximum Gasteiger partial charge on any atom is 0.136 e. The Kier molecular flexibility index (Phi) is 3.73. The van der Waals surface area contributed by atoms with Crippen molar-refractivity contribution in [1.29, 1.82) is 0 Å². The van der Waals surface area contributed by atoms with Gasteiger partial charge in [0.1, 0.15) is 16.5 Å². The molecule has 0 saturated heterocycles. The fraction of sp³-hybridized carbons (Fsp3) is 0. The number of hydrogen-bond donors (Lipinski definition) is 1. The Morgan fingerprint density at radius 2 is 2.00 bits per heavy atom. The second kappa shape index (κ2) is 5.68. The van der Waals surface area contributed by atoms with Crippen LogP contribution in [0.5, 0.6) is 11.5 Å². The van der Waals surface area contributed by atoms with Gasteiger partial charge >= 0.3 is 0 Å². The summed E-state index contributed by atoms with van der Waals surface area (Å²) >= 11 is 11.1. The maximum absolute atomic E-state index is 6.15. The van der Waals surface area contributed by atoms with E-state index in [0.717, 1.165) is 16.7 Å². The smallest absolute Gasteiger partial charge is 0.136 e. The average Bonchev–Trinajstić information content (AvgIpc) is 2.47. The number of benzene rings is 2. The van der Waals surface area contributed by atoms with Crippen molar-refractivity contribution in [3.63, 3.8) is 0 Å². The number of thiocarbonyl (C=S) groups is 1. The van der Waals surface area contributed by atoms with E-state index in [1.54, 1.807) is 24.4 Å². The Labute approximate surface area is 132 Å². The molecule has 0 saturated carbocycles. The number of nitrogens with two attached hydrogens (primary N) is 1. The van der Waals surface area contributed by atoms with Crippen LogP contribution in [0, 0.1) is 0 Å². The van der Waals surface area contributed by atoms with Crippen molar-refractivity contribution in [3.05, 3.63) is 65.3 Å². The number of nitrogens with zero attached hydrogens (tertiary/aromatic N) is 1. The predicted octanol–water partition coefficient (Wildman–Crippen LogP) is 4.31. The van der Waals surface area contributed by atoms with Gasteiger partial charge in [0, 0.05) is 23.2 Å². The normalized spacial score (nSPS) is 10.5. The molecule has 1 aromatic heterocycles. The Hall–Kier alpha value is -2.17. The summed E-state index contributed by atoms with van der Waals surface area (Å²) < 4.78 is 5.90. The van der Waals surface area contributed by atoms with Crippen LogP contribution in [0.4, 0.5) is 0 Å². The number of hydrogen-bond acceptors (Lipinski definition) is 3. The molecular weight excluding hydrogens is 304 g/mol. The number of ether oxygens (including phenoxy) is 1. The topological polar surface area (TPSA) is 48.1 Å². The molecule has 2 aromatic carbocycles. The summed E-state index contributed by atoms with van der Waals surface area (Å²) in [7, 11) is 0. The van der Waals surface area contributed by atoms with E-state index in [9.17, 15) is 0 Å². The lowest BCUT2D eigenvalue weighted by Gasteiger charge is -2.10. The summed E-state index contributed by atoms with van der Waals surface area (Å²) in [6.07, 6.45) is 1.75. The first-order valence-corrected chi connectivity index (χ1v) is 7.05. The molecule has 3 nitrogen and oxygen atoms in total. The van der Waals surface area contributed by atoms with Gasteiger partial charge in [-0.25, -0.2) is 0 Å². The van der Waals surface area contributed by atoms with Crippen LogP contribution in [-0.2, 0) is 0 Å².